The first kappa shape index (κ1) is 36.3. The van der Waals surface area contributed by atoms with Crippen molar-refractivity contribution in [1.29, 1.82) is 0 Å². The fourth-order valence-electron chi connectivity index (χ4n) is 3.04. The molecule has 0 saturated carbocycles. The minimum atomic E-state index is -1.25. The lowest BCUT2D eigenvalue weighted by Gasteiger charge is -2.09. The van der Waals surface area contributed by atoms with E-state index >= 15 is 0 Å². The van der Waals surface area contributed by atoms with Gasteiger partial charge in [-0.2, -0.15) is 0 Å². The number of nitrogens with one attached hydrogen (secondary N) is 1. The van der Waals surface area contributed by atoms with Gasteiger partial charge < -0.3 is 30.1 Å². The lowest BCUT2D eigenvalue weighted by atomic mass is 10.2. The molecule has 9 nitrogen and oxygen atoms in total. The first-order valence-electron chi connectivity index (χ1n) is 12.7. The largest absolute Gasteiger partial charge is 0.545 e. The SMILES string of the molecule is C[NH+](C)C.O=C(O)c1ccccc1SSc1ccccc1C(=O)O.O=C([O-])c1ccccc1SSc1ccccc1C(=O)O. The van der Waals surface area contributed by atoms with E-state index in [1.54, 1.807) is 72.8 Å². The molecule has 0 spiro atoms. The van der Waals surface area contributed by atoms with Gasteiger partial charge in [0, 0.05) is 25.1 Å². The van der Waals surface area contributed by atoms with E-state index in [4.69, 9.17) is 15.3 Å². The Balaban J connectivity index is 0.000000274. The van der Waals surface area contributed by atoms with Crippen LogP contribution in [0.1, 0.15) is 41.4 Å². The standard InChI is InChI=1S/2C14H10O4S2.C3H9N/c2*15-13(16)9-5-1-3-7-11(9)19-20-12-8-4-2-6-10(12)14(17)18;1-4(2)3/h2*1-8H,(H,15,16)(H,17,18);1-3H3. The van der Waals surface area contributed by atoms with Crippen molar-refractivity contribution >= 4 is 67.1 Å². The molecule has 0 unspecified atom stereocenters. The maximum absolute atomic E-state index is 11.1. The molecule has 0 aliphatic carbocycles. The van der Waals surface area contributed by atoms with Gasteiger partial charge in [-0.25, -0.2) is 14.4 Å². The number of aromatic carboxylic acids is 4. The number of quaternary nitrogens is 1. The Morgan fingerprint density at radius 1 is 0.477 bits per heavy atom. The fourth-order valence-corrected chi connectivity index (χ4v) is 7.73. The van der Waals surface area contributed by atoms with Crippen molar-refractivity contribution in [2.75, 3.05) is 21.1 Å². The molecule has 4 rings (SSSR count). The number of carbonyl (C=O) groups excluding carboxylic acids is 1. The van der Waals surface area contributed by atoms with Gasteiger partial charge in [-0.3, -0.25) is 0 Å². The van der Waals surface area contributed by atoms with Crippen molar-refractivity contribution in [1.82, 2.24) is 0 Å². The molecular formula is C31H29NO8S4. The van der Waals surface area contributed by atoms with E-state index in [-0.39, 0.29) is 22.3 Å². The molecule has 0 radical (unpaired) electrons. The molecule has 4 aromatic rings. The number of carboxylic acids is 4. The minimum absolute atomic E-state index is 0.0952. The Hall–Kier alpha value is -3.88. The van der Waals surface area contributed by atoms with Crippen LogP contribution in [0.2, 0.25) is 0 Å². The molecule has 0 atom stereocenters. The highest BCUT2D eigenvalue weighted by Gasteiger charge is 2.14. The van der Waals surface area contributed by atoms with E-state index in [1.807, 2.05) is 0 Å². The van der Waals surface area contributed by atoms with E-state index < -0.39 is 23.9 Å². The number of benzene rings is 4. The van der Waals surface area contributed by atoms with Crippen molar-refractivity contribution in [2.45, 2.75) is 19.6 Å². The average molecular weight is 672 g/mol. The highest BCUT2D eigenvalue weighted by atomic mass is 33.1. The first-order valence-corrected chi connectivity index (χ1v) is 17.0. The van der Waals surface area contributed by atoms with Gasteiger partial charge in [-0.05, 0) is 42.5 Å². The molecule has 44 heavy (non-hydrogen) atoms. The summed E-state index contributed by atoms with van der Waals surface area (Å²) >= 11 is 0. The summed E-state index contributed by atoms with van der Waals surface area (Å²) in [4.78, 5) is 47.9. The third-order valence-corrected chi connectivity index (χ3v) is 9.87. The first-order chi connectivity index (χ1) is 20.9. The summed E-state index contributed by atoms with van der Waals surface area (Å²) in [6.07, 6.45) is 0. The molecule has 0 aliphatic rings. The van der Waals surface area contributed by atoms with Crippen molar-refractivity contribution in [3.05, 3.63) is 119 Å². The number of carbonyl (C=O) groups is 4. The summed E-state index contributed by atoms with van der Waals surface area (Å²) in [6.45, 7) is 0. The fraction of sp³-hybridized carbons (Fsp3) is 0.0968. The highest BCUT2D eigenvalue weighted by Crippen LogP contribution is 2.41. The molecule has 0 aromatic heterocycles. The van der Waals surface area contributed by atoms with Gasteiger partial charge in [0.1, 0.15) is 0 Å². The van der Waals surface area contributed by atoms with Gasteiger partial charge in [0.25, 0.3) is 0 Å². The molecule has 0 bridgehead atoms. The van der Waals surface area contributed by atoms with E-state index in [2.05, 4.69) is 21.1 Å². The van der Waals surface area contributed by atoms with Crippen LogP contribution < -0.4 is 10.0 Å². The summed E-state index contributed by atoms with van der Waals surface area (Å²) < 4.78 is 0. The van der Waals surface area contributed by atoms with Gasteiger partial charge >= 0.3 is 17.9 Å². The zero-order valence-corrected chi connectivity index (χ0v) is 27.0. The number of hydrogen-bond acceptors (Lipinski definition) is 9. The second-order valence-electron chi connectivity index (χ2n) is 9.02. The molecule has 230 valence electrons. The van der Waals surface area contributed by atoms with Crippen LogP contribution in [0, 0.1) is 0 Å². The van der Waals surface area contributed by atoms with Crippen molar-refractivity contribution in [2.24, 2.45) is 0 Å². The molecule has 0 heterocycles. The molecule has 0 fully saturated rings. The van der Waals surface area contributed by atoms with Crippen LogP contribution in [0.25, 0.3) is 0 Å². The lowest BCUT2D eigenvalue weighted by Crippen LogP contribution is -3.02. The number of carboxylic acid groups (broad SMARTS) is 4. The van der Waals surface area contributed by atoms with Crippen molar-refractivity contribution in [3.63, 3.8) is 0 Å². The van der Waals surface area contributed by atoms with Crippen LogP contribution in [0.4, 0.5) is 0 Å². The second kappa shape index (κ2) is 18.7. The monoisotopic (exact) mass is 671 g/mol. The molecule has 4 N–H and O–H groups in total. The van der Waals surface area contributed by atoms with Crippen LogP contribution >= 0.6 is 43.2 Å². The Kier molecular flexibility index (Phi) is 15.4. The normalized spacial score (nSPS) is 10.1. The van der Waals surface area contributed by atoms with E-state index in [1.165, 1.54) is 72.3 Å². The quantitative estimate of drug-likeness (QED) is 0.164. The van der Waals surface area contributed by atoms with Crippen LogP contribution in [0.3, 0.4) is 0 Å². The summed E-state index contributed by atoms with van der Waals surface area (Å²) in [5.41, 5.74) is 0.698. The molecule has 0 aliphatic heterocycles. The Labute approximate surface area is 270 Å². The summed E-state index contributed by atoms with van der Waals surface area (Å²) in [7, 11) is 11.1. The van der Waals surface area contributed by atoms with Gasteiger partial charge in [-0.15, -0.1) is 0 Å². The third-order valence-electron chi connectivity index (χ3n) is 4.90. The Bertz CT molecular complexity index is 1360. The predicted octanol–water partition coefficient (Wildman–Crippen LogP) is 5.19. The number of hydrogen-bond donors (Lipinski definition) is 4. The number of rotatable bonds is 10. The summed E-state index contributed by atoms with van der Waals surface area (Å²) in [6, 6.07) is 26.3. The summed E-state index contributed by atoms with van der Waals surface area (Å²) in [5.74, 6) is -4.26. The molecule has 13 heteroatoms. The van der Waals surface area contributed by atoms with Crippen LogP contribution in [0.5, 0.6) is 0 Å². The molecule has 4 aromatic carbocycles. The van der Waals surface area contributed by atoms with E-state index in [9.17, 15) is 24.3 Å². The van der Waals surface area contributed by atoms with Gasteiger partial charge in [0.15, 0.2) is 0 Å². The highest BCUT2D eigenvalue weighted by molar-refractivity contribution is 8.77. The predicted molar refractivity (Wildman–Crippen MR) is 173 cm³/mol. The maximum atomic E-state index is 11.1. The van der Waals surface area contributed by atoms with Crippen LogP contribution in [0.15, 0.2) is 117 Å². The topological polar surface area (TPSA) is 156 Å². The van der Waals surface area contributed by atoms with Crippen LogP contribution in [-0.4, -0.2) is 60.3 Å². The van der Waals surface area contributed by atoms with Gasteiger partial charge in [0.2, 0.25) is 0 Å². The van der Waals surface area contributed by atoms with E-state index in [0.29, 0.717) is 19.6 Å². The zero-order valence-electron chi connectivity index (χ0n) is 23.8. The summed E-state index contributed by atoms with van der Waals surface area (Å²) in [5, 5.41) is 38.2. The molecule has 0 saturated heterocycles. The van der Waals surface area contributed by atoms with Crippen molar-refractivity contribution < 1.29 is 44.5 Å². The van der Waals surface area contributed by atoms with Crippen LogP contribution in [-0.2, 0) is 0 Å². The van der Waals surface area contributed by atoms with Gasteiger partial charge in [0.05, 0.1) is 43.8 Å². The Morgan fingerprint density at radius 2 is 0.682 bits per heavy atom. The second-order valence-corrected chi connectivity index (χ2v) is 13.4. The Morgan fingerprint density at radius 3 is 0.909 bits per heavy atom. The van der Waals surface area contributed by atoms with Gasteiger partial charge in [-0.1, -0.05) is 97.8 Å². The third kappa shape index (κ3) is 12.0. The maximum Gasteiger partial charge on any atom is 0.336 e. The average Bonchev–Trinajstić information content (AvgIpc) is 2.99. The minimum Gasteiger partial charge on any atom is -0.545 e. The lowest BCUT2D eigenvalue weighted by molar-refractivity contribution is -0.836. The smallest absolute Gasteiger partial charge is 0.336 e. The molecular weight excluding hydrogens is 643 g/mol. The zero-order chi connectivity index (χ0) is 32.6. The van der Waals surface area contributed by atoms with Crippen molar-refractivity contribution in [3.8, 4) is 0 Å². The van der Waals surface area contributed by atoms with E-state index in [0.717, 1.165) is 0 Å². The molecule has 0 amide bonds.